The smallest absolute Gasteiger partial charge is 0.182 e. The van der Waals surface area contributed by atoms with E-state index in [1.165, 1.54) is 0 Å². The van der Waals surface area contributed by atoms with E-state index >= 15 is 0 Å². The van der Waals surface area contributed by atoms with Gasteiger partial charge in [-0.3, -0.25) is 0 Å². The summed E-state index contributed by atoms with van der Waals surface area (Å²) in [6, 6.07) is 0. The van der Waals surface area contributed by atoms with Gasteiger partial charge in [0, 0.05) is 12.8 Å². The molecule has 0 unspecified atom stereocenters. The number of nitrogens with zero attached hydrogens (tertiary/aromatic N) is 6. The van der Waals surface area contributed by atoms with Crippen LogP contribution in [-0.4, -0.2) is 39.9 Å². The third kappa shape index (κ3) is 2.90. The fraction of sp³-hybridized carbons (Fsp3) is 0.286. The standard InChI is InChI=1S/C14H12Cl2N8/c15-11-9-13(19-5-17-9)23-7(21-11)3-1-2-4-8-22-12(16)10-14(24-8)20-6-18-10/h5-6H,1-4H2,(H,17,19,21,23)(H,18,20,22,24). The highest BCUT2D eigenvalue weighted by atomic mass is 35.5. The molecule has 8 nitrogen and oxygen atoms in total. The van der Waals surface area contributed by atoms with Gasteiger partial charge in [0.15, 0.2) is 21.6 Å². The zero-order valence-corrected chi connectivity index (χ0v) is 13.9. The Labute approximate surface area is 146 Å². The number of unbranched alkanes of at least 4 members (excludes halogenated alkanes) is 1. The highest BCUT2D eigenvalue weighted by Gasteiger charge is 2.10. The van der Waals surface area contributed by atoms with E-state index in [2.05, 4.69) is 39.9 Å². The summed E-state index contributed by atoms with van der Waals surface area (Å²) in [7, 11) is 0. The first kappa shape index (κ1) is 15.2. The van der Waals surface area contributed by atoms with Gasteiger partial charge >= 0.3 is 0 Å². The Morgan fingerprint density at radius 3 is 1.62 bits per heavy atom. The molecule has 0 aromatic carbocycles. The number of aromatic amines is 2. The summed E-state index contributed by atoms with van der Waals surface area (Å²) >= 11 is 12.2. The molecule has 24 heavy (non-hydrogen) atoms. The predicted molar refractivity (Wildman–Crippen MR) is 90.0 cm³/mol. The Bertz CT molecular complexity index is 927. The van der Waals surface area contributed by atoms with E-state index in [-0.39, 0.29) is 0 Å². The molecule has 0 fully saturated rings. The monoisotopic (exact) mass is 362 g/mol. The molecule has 4 aromatic rings. The first-order valence-electron chi connectivity index (χ1n) is 7.41. The van der Waals surface area contributed by atoms with Gasteiger partial charge in [-0.15, -0.1) is 0 Å². The molecule has 10 heteroatoms. The lowest BCUT2D eigenvalue weighted by atomic mass is 10.2. The lowest BCUT2D eigenvalue weighted by Gasteiger charge is -2.02. The van der Waals surface area contributed by atoms with Crippen LogP contribution in [0.15, 0.2) is 12.7 Å². The molecule has 4 heterocycles. The number of nitrogens with one attached hydrogen (secondary N) is 2. The van der Waals surface area contributed by atoms with Crippen LogP contribution < -0.4 is 0 Å². The van der Waals surface area contributed by atoms with Crippen LogP contribution in [0.1, 0.15) is 24.5 Å². The summed E-state index contributed by atoms with van der Waals surface area (Å²) in [6.45, 7) is 0. The van der Waals surface area contributed by atoms with Crippen molar-refractivity contribution in [2.45, 2.75) is 25.7 Å². The van der Waals surface area contributed by atoms with E-state index in [1.807, 2.05) is 0 Å². The van der Waals surface area contributed by atoms with Gasteiger partial charge in [0.25, 0.3) is 0 Å². The molecule has 0 saturated heterocycles. The largest absolute Gasteiger partial charge is 0.341 e. The van der Waals surface area contributed by atoms with Gasteiger partial charge in [0.2, 0.25) is 0 Å². The number of hydrogen-bond donors (Lipinski definition) is 2. The number of rotatable bonds is 5. The normalized spacial score (nSPS) is 11.6. The third-order valence-electron chi connectivity index (χ3n) is 3.63. The summed E-state index contributed by atoms with van der Waals surface area (Å²) in [5.74, 6) is 1.36. The van der Waals surface area contributed by atoms with Crippen molar-refractivity contribution < 1.29 is 0 Å². The Kier molecular flexibility index (Phi) is 3.99. The predicted octanol–water partition coefficient (Wildman–Crippen LogP) is 2.89. The Balaban J connectivity index is 1.39. The third-order valence-corrected chi connectivity index (χ3v) is 4.17. The number of hydrogen-bond acceptors (Lipinski definition) is 6. The number of aromatic nitrogens is 8. The van der Waals surface area contributed by atoms with Gasteiger partial charge in [-0.05, 0) is 12.8 Å². The molecule has 4 aromatic heterocycles. The minimum atomic E-state index is 0.395. The first-order valence-corrected chi connectivity index (χ1v) is 8.17. The first-order chi connectivity index (χ1) is 11.7. The van der Waals surface area contributed by atoms with Gasteiger partial charge in [-0.1, -0.05) is 23.2 Å². The molecule has 0 atom stereocenters. The Hall–Kier alpha value is -2.32. The van der Waals surface area contributed by atoms with Gasteiger partial charge in [-0.25, -0.2) is 29.9 Å². The Morgan fingerprint density at radius 1 is 0.708 bits per heavy atom. The maximum absolute atomic E-state index is 6.11. The second-order valence-corrected chi connectivity index (χ2v) is 5.99. The van der Waals surface area contributed by atoms with Crippen LogP contribution in [0, 0.1) is 0 Å². The van der Waals surface area contributed by atoms with E-state index < -0.39 is 0 Å². The van der Waals surface area contributed by atoms with Crippen LogP contribution in [0.4, 0.5) is 0 Å². The summed E-state index contributed by atoms with van der Waals surface area (Å²) in [5.41, 5.74) is 2.50. The van der Waals surface area contributed by atoms with Gasteiger partial charge in [0.05, 0.1) is 12.7 Å². The molecule has 0 radical (unpaired) electrons. The summed E-state index contributed by atoms with van der Waals surface area (Å²) in [5, 5.41) is 0.790. The van der Waals surface area contributed by atoms with Crippen molar-refractivity contribution in [3.63, 3.8) is 0 Å². The Morgan fingerprint density at radius 2 is 1.17 bits per heavy atom. The van der Waals surface area contributed by atoms with Crippen molar-refractivity contribution in [2.75, 3.05) is 0 Å². The van der Waals surface area contributed by atoms with Crippen molar-refractivity contribution in [3.05, 3.63) is 34.6 Å². The van der Waals surface area contributed by atoms with Gasteiger partial charge in [0.1, 0.15) is 22.7 Å². The highest BCUT2D eigenvalue weighted by molar-refractivity contribution is 6.33. The molecule has 4 rings (SSSR count). The molecule has 0 bridgehead atoms. The number of H-pyrrole nitrogens is 2. The minimum absolute atomic E-state index is 0.395. The second-order valence-electron chi connectivity index (χ2n) is 5.27. The quantitative estimate of drug-likeness (QED) is 0.417. The molecule has 0 saturated carbocycles. The number of aryl methyl sites for hydroxylation is 2. The summed E-state index contributed by atoms with van der Waals surface area (Å²) < 4.78 is 0. The number of fused-ring (bicyclic) bond motifs is 2. The van der Waals surface area contributed by atoms with Crippen LogP contribution in [0.2, 0.25) is 10.3 Å². The fourth-order valence-corrected chi connectivity index (χ4v) is 2.94. The maximum atomic E-state index is 6.11. The summed E-state index contributed by atoms with van der Waals surface area (Å²) in [4.78, 5) is 31.4. The van der Waals surface area contributed by atoms with E-state index in [4.69, 9.17) is 23.2 Å². The fourth-order valence-electron chi connectivity index (χ4n) is 2.47. The molecular formula is C14H12Cl2N8. The molecule has 0 amide bonds. The number of halogens is 2. The molecule has 0 aliphatic heterocycles. The minimum Gasteiger partial charge on any atom is -0.341 e. The average Bonchev–Trinajstić information content (AvgIpc) is 3.20. The second kappa shape index (κ2) is 6.29. The molecule has 0 aliphatic carbocycles. The summed E-state index contributed by atoms with van der Waals surface area (Å²) in [6.07, 6.45) is 6.29. The van der Waals surface area contributed by atoms with E-state index in [1.54, 1.807) is 12.7 Å². The van der Waals surface area contributed by atoms with Crippen LogP contribution in [0.3, 0.4) is 0 Å². The molecule has 2 N–H and O–H groups in total. The van der Waals surface area contributed by atoms with Crippen molar-refractivity contribution in [3.8, 4) is 0 Å². The maximum Gasteiger partial charge on any atom is 0.182 e. The highest BCUT2D eigenvalue weighted by Crippen LogP contribution is 2.18. The van der Waals surface area contributed by atoms with Crippen LogP contribution >= 0.6 is 23.2 Å². The molecular weight excluding hydrogens is 351 g/mol. The van der Waals surface area contributed by atoms with E-state index in [0.29, 0.717) is 57.1 Å². The van der Waals surface area contributed by atoms with Gasteiger partial charge in [-0.2, -0.15) is 0 Å². The van der Waals surface area contributed by atoms with Crippen molar-refractivity contribution in [1.29, 1.82) is 0 Å². The van der Waals surface area contributed by atoms with Gasteiger partial charge < -0.3 is 9.97 Å². The topological polar surface area (TPSA) is 109 Å². The van der Waals surface area contributed by atoms with E-state index in [9.17, 15) is 0 Å². The van der Waals surface area contributed by atoms with E-state index in [0.717, 1.165) is 12.8 Å². The molecule has 0 aliphatic rings. The van der Waals surface area contributed by atoms with Crippen molar-refractivity contribution in [1.82, 2.24) is 39.9 Å². The van der Waals surface area contributed by atoms with Crippen LogP contribution in [0.25, 0.3) is 22.3 Å². The van der Waals surface area contributed by atoms with Crippen molar-refractivity contribution >= 4 is 45.5 Å². The lowest BCUT2D eigenvalue weighted by Crippen LogP contribution is -2.00. The zero-order valence-electron chi connectivity index (χ0n) is 12.4. The van der Waals surface area contributed by atoms with Crippen LogP contribution in [-0.2, 0) is 12.8 Å². The van der Waals surface area contributed by atoms with Crippen molar-refractivity contribution in [2.24, 2.45) is 0 Å². The number of imidazole rings is 2. The molecule has 0 spiro atoms. The average molecular weight is 363 g/mol. The zero-order chi connectivity index (χ0) is 16.5. The molecule has 122 valence electrons. The van der Waals surface area contributed by atoms with Crippen LogP contribution in [0.5, 0.6) is 0 Å². The SMILES string of the molecule is Clc1nc(CCCCc2nc(Cl)c3[nH]cnc3n2)nc2nc[nH]c12. The lowest BCUT2D eigenvalue weighted by molar-refractivity contribution is 0.690.